The summed E-state index contributed by atoms with van der Waals surface area (Å²) in [4.78, 5) is 38.1. The van der Waals surface area contributed by atoms with Crippen LogP contribution >= 0.6 is 0 Å². The van der Waals surface area contributed by atoms with Crippen molar-refractivity contribution < 1.29 is 28.6 Å². The van der Waals surface area contributed by atoms with Gasteiger partial charge in [-0.1, -0.05) is 256 Å². The van der Waals surface area contributed by atoms with Gasteiger partial charge in [0, 0.05) is 19.3 Å². The molecule has 0 aliphatic carbocycles. The molecule has 0 aromatic rings. The molecule has 0 N–H and O–H groups in total. The van der Waals surface area contributed by atoms with E-state index in [1.807, 2.05) is 0 Å². The van der Waals surface area contributed by atoms with Crippen molar-refractivity contribution in [2.75, 3.05) is 13.2 Å². The summed E-state index contributed by atoms with van der Waals surface area (Å²) in [5.41, 5.74) is 0. The first kappa shape index (κ1) is 62.4. The van der Waals surface area contributed by atoms with Crippen LogP contribution < -0.4 is 0 Å². The molecule has 0 aromatic heterocycles. The Morgan fingerprint density at radius 3 is 0.892 bits per heavy atom. The molecule has 0 aromatic carbocycles. The fourth-order valence-electron chi connectivity index (χ4n) is 8.07. The van der Waals surface area contributed by atoms with Gasteiger partial charge in [-0.15, -0.1) is 0 Å². The Labute approximate surface area is 403 Å². The maximum Gasteiger partial charge on any atom is 0.306 e. The van der Waals surface area contributed by atoms with E-state index in [2.05, 4.69) is 69.4 Å². The zero-order valence-corrected chi connectivity index (χ0v) is 43.3. The summed E-state index contributed by atoms with van der Waals surface area (Å²) in [6.45, 7) is 6.61. The third-order valence-corrected chi connectivity index (χ3v) is 12.3. The topological polar surface area (TPSA) is 78.9 Å². The highest BCUT2D eigenvalue weighted by molar-refractivity contribution is 5.71. The fourth-order valence-corrected chi connectivity index (χ4v) is 8.07. The second-order valence-corrected chi connectivity index (χ2v) is 18.9. The number of allylic oxidation sites excluding steroid dienone is 8. The number of ether oxygens (including phenoxy) is 3. The van der Waals surface area contributed by atoms with Gasteiger partial charge in [0.1, 0.15) is 13.2 Å². The second-order valence-electron chi connectivity index (χ2n) is 18.9. The normalized spacial score (nSPS) is 12.4. The third kappa shape index (κ3) is 52.2. The largest absolute Gasteiger partial charge is 0.462 e. The van der Waals surface area contributed by atoms with Crippen LogP contribution in [0.2, 0.25) is 0 Å². The Kier molecular flexibility index (Phi) is 51.8. The SMILES string of the molecule is CCCCC/C=C\C/C=C\C/C=C\C/C=C\CCCCCC(=O)OC[C@H](COC(=O)CCCCCCCCCCCCCCC)OC(=O)CCCCCCCCCCCCCCCCC. The molecule has 0 aliphatic rings. The highest BCUT2D eigenvalue weighted by Crippen LogP contribution is 2.16. The molecule has 6 nitrogen and oxygen atoms in total. The minimum Gasteiger partial charge on any atom is -0.462 e. The van der Waals surface area contributed by atoms with E-state index in [1.165, 1.54) is 167 Å². The van der Waals surface area contributed by atoms with Crippen molar-refractivity contribution in [3.8, 4) is 0 Å². The Morgan fingerprint density at radius 1 is 0.308 bits per heavy atom. The highest BCUT2D eigenvalue weighted by atomic mass is 16.6. The monoisotopic (exact) mass is 911 g/mol. The third-order valence-electron chi connectivity index (χ3n) is 12.3. The van der Waals surface area contributed by atoms with Crippen LogP contribution in [0.25, 0.3) is 0 Å². The Morgan fingerprint density at radius 2 is 0.554 bits per heavy atom. The van der Waals surface area contributed by atoms with Gasteiger partial charge in [0.15, 0.2) is 6.10 Å². The molecule has 0 rings (SSSR count). The first-order valence-electron chi connectivity index (χ1n) is 28.1. The number of unbranched alkanes of at least 4 members (excludes halogenated alkanes) is 32. The molecule has 0 spiro atoms. The predicted octanol–water partition coefficient (Wildman–Crippen LogP) is 18.7. The van der Waals surface area contributed by atoms with E-state index in [0.29, 0.717) is 19.3 Å². The second kappa shape index (κ2) is 54.0. The molecule has 65 heavy (non-hydrogen) atoms. The lowest BCUT2D eigenvalue weighted by Gasteiger charge is -2.18. The molecule has 0 amide bonds. The minimum absolute atomic E-state index is 0.0791. The van der Waals surface area contributed by atoms with Gasteiger partial charge in [0.05, 0.1) is 0 Å². The van der Waals surface area contributed by atoms with Crippen molar-refractivity contribution in [2.45, 2.75) is 297 Å². The molecule has 0 unspecified atom stereocenters. The number of esters is 3. The number of rotatable bonds is 51. The van der Waals surface area contributed by atoms with E-state index in [9.17, 15) is 14.4 Å². The van der Waals surface area contributed by atoms with Gasteiger partial charge >= 0.3 is 17.9 Å². The number of carbonyl (C=O) groups excluding carboxylic acids is 3. The molecule has 0 saturated carbocycles. The molecular formula is C59H106O6. The maximum atomic E-state index is 12.8. The lowest BCUT2D eigenvalue weighted by atomic mass is 10.0. The Hall–Kier alpha value is -2.63. The summed E-state index contributed by atoms with van der Waals surface area (Å²) >= 11 is 0. The van der Waals surface area contributed by atoms with Crippen LogP contribution in [0, 0.1) is 0 Å². The lowest BCUT2D eigenvalue weighted by Crippen LogP contribution is -2.30. The van der Waals surface area contributed by atoms with E-state index >= 15 is 0 Å². The zero-order chi connectivity index (χ0) is 47.2. The van der Waals surface area contributed by atoms with Crippen molar-refractivity contribution in [3.63, 3.8) is 0 Å². The Bertz CT molecular complexity index is 1140. The van der Waals surface area contributed by atoms with Gasteiger partial charge in [-0.3, -0.25) is 14.4 Å². The van der Waals surface area contributed by atoms with Crippen molar-refractivity contribution in [2.24, 2.45) is 0 Å². The molecule has 0 heterocycles. The van der Waals surface area contributed by atoms with Gasteiger partial charge in [-0.05, 0) is 64.2 Å². The number of hydrogen-bond acceptors (Lipinski definition) is 6. The van der Waals surface area contributed by atoms with Crippen LogP contribution in [-0.2, 0) is 28.6 Å². The van der Waals surface area contributed by atoms with Gasteiger partial charge in [-0.2, -0.15) is 0 Å². The van der Waals surface area contributed by atoms with Crippen LogP contribution in [0.3, 0.4) is 0 Å². The van der Waals surface area contributed by atoms with Gasteiger partial charge in [0.2, 0.25) is 0 Å². The average Bonchev–Trinajstić information content (AvgIpc) is 3.30. The maximum absolute atomic E-state index is 12.8. The van der Waals surface area contributed by atoms with Crippen LogP contribution in [-0.4, -0.2) is 37.2 Å². The molecule has 0 saturated heterocycles. The molecule has 1 atom stereocenters. The molecule has 0 fully saturated rings. The van der Waals surface area contributed by atoms with E-state index in [1.54, 1.807) is 0 Å². The summed E-state index contributed by atoms with van der Waals surface area (Å²) in [5, 5.41) is 0. The molecule has 0 bridgehead atoms. The summed E-state index contributed by atoms with van der Waals surface area (Å²) < 4.78 is 16.8. The van der Waals surface area contributed by atoms with Gasteiger partial charge < -0.3 is 14.2 Å². The van der Waals surface area contributed by atoms with Gasteiger partial charge in [-0.25, -0.2) is 0 Å². The highest BCUT2D eigenvalue weighted by Gasteiger charge is 2.19. The number of hydrogen-bond donors (Lipinski definition) is 0. The predicted molar refractivity (Wildman–Crippen MR) is 279 cm³/mol. The molecule has 0 aliphatic heterocycles. The van der Waals surface area contributed by atoms with Gasteiger partial charge in [0.25, 0.3) is 0 Å². The van der Waals surface area contributed by atoms with Crippen LogP contribution in [0.1, 0.15) is 290 Å². The van der Waals surface area contributed by atoms with Crippen molar-refractivity contribution in [3.05, 3.63) is 48.6 Å². The fraction of sp³-hybridized carbons (Fsp3) is 0.814. The standard InChI is InChI=1S/C59H106O6/c1-4-7-10-13-16-19-22-25-27-28-29-30-32-34-37-40-43-46-49-52-58(61)64-55-56(54-63-57(60)51-48-45-42-39-36-33-24-21-18-15-12-9-6-3)65-59(62)53-50-47-44-41-38-35-31-26-23-20-17-14-11-8-5-2/h16,19,25,27,29-30,34,37,56H,4-15,17-18,20-24,26,28,31-33,35-36,38-55H2,1-3H3/b19-16-,27-25-,30-29-,37-34-/t56-/m0/s1. The lowest BCUT2D eigenvalue weighted by molar-refractivity contribution is -0.167. The van der Waals surface area contributed by atoms with Crippen LogP contribution in [0.15, 0.2) is 48.6 Å². The summed E-state index contributed by atoms with van der Waals surface area (Å²) in [7, 11) is 0. The quantitative estimate of drug-likeness (QED) is 0.0262. The van der Waals surface area contributed by atoms with E-state index < -0.39 is 6.10 Å². The van der Waals surface area contributed by atoms with E-state index in [0.717, 1.165) is 83.5 Å². The van der Waals surface area contributed by atoms with Crippen molar-refractivity contribution in [1.29, 1.82) is 0 Å². The van der Waals surface area contributed by atoms with E-state index in [-0.39, 0.29) is 31.1 Å². The molecule has 378 valence electrons. The summed E-state index contributed by atoms with van der Waals surface area (Å²) in [6, 6.07) is 0. The Balaban J connectivity index is 4.40. The first-order chi connectivity index (χ1) is 32.0. The van der Waals surface area contributed by atoms with E-state index in [4.69, 9.17) is 14.2 Å². The molecule has 0 radical (unpaired) electrons. The molecule has 6 heteroatoms. The van der Waals surface area contributed by atoms with Crippen LogP contribution in [0.5, 0.6) is 0 Å². The minimum atomic E-state index is -0.782. The smallest absolute Gasteiger partial charge is 0.306 e. The van der Waals surface area contributed by atoms with Crippen LogP contribution in [0.4, 0.5) is 0 Å². The zero-order valence-electron chi connectivity index (χ0n) is 43.3. The van der Waals surface area contributed by atoms with Crippen molar-refractivity contribution >= 4 is 17.9 Å². The van der Waals surface area contributed by atoms with Crippen molar-refractivity contribution in [1.82, 2.24) is 0 Å². The molecular weight excluding hydrogens is 805 g/mol. The summed E-state index contributed by atoms with van der Waals surface area (Å²) in [5.74, 6) is -0.897. The first-order valence-corrected chi connectivity index (χ1v) is 28.1. The number of carbonyl (C=O) groups is 3. The average molecular weight is 911 g/mol. The summed E-state index contributed by atoms with van der Waals surface area (Å²) in [6.07, 6.45) is 65.2.